The normalized spacial score (nSPS) is 33.5. The van der Waals surface area contributed by atoms with Crippen LogP contribution in [0.1, 0.15) is 40.5 Å². The molecule has 0 aliphatic heterocycles. The van der Waals surface area contributed by atoms with Gasteiger partial charge >= 0.3 is 0 Å². The van der Waals surface area contributed by atoms with Crippen LogP contribution in [0.5, 0.6) is 5.75 Å². The summed E-state index contributed by atoms with van der Waals surface area (Å²) in [5.74, 6) is -3.05. The molecule has 0 fully saturated rings. The van der Waals surface area contributed by atoms with Gasteiger partial charge in [0.1, 0.15) is 11.4 Å². The van der Waals surface area contributed by atoms with Crippen molar-refractivity contribution in [3.63, 3.8) is 0 Å². The monoisotopic (exact) mass is 356 g/mol. The van der Waals surface area contributed by atoms with Crippen LogP contribution in [0, 0.1) is 0 Å². The van der Waals surface area contributed by atoms with Gasteiger partial charge in [-0.25, -0.2) is 0 Å². The fourth-order valence-corrected chi connectivity index (χ4v) is 4.35. The first-order valence-corrected chi connectivity index (χ1v) is 8.12. The molecule has 0 amide bonds. The summed E-state index contributed by atoms with van der Waals surface area (Å²) in [5, 5.41) is 42.6. The van der Waals surface area contributed by atoms with Crippen molar-refractivity contribution in [3.05, 3.63) is 52.1 Å². The Kier molecular flexibility index (Phi) is 3.22. The highest BCUT2D eigenvalue weighted by atomic mass is 16.4. The van der Waals surface area contributed by atoms with Gasteiger partial charge in [-0.15, -0.1) is 0 Å². The van der Waals surface area contributed by atoms with Crippen molar-refractivity contribution in [2.45, 2.75) is 37.1 Å². The topological polar surface area (TPSA) is 132 Å². The zero-order chi connectivity index (χ0) is 19.0. The number of fused-ring (bicyclic) bond motifs is 3. The van der Waals surface area contributed by atoms with E-state index in [1.54, 1.807) is 6.92 Å². The number of phenolic OH excluding ortho intramolecular Hbond substituents is 1. The molecule has 7 heteroatoms. The van der Waals surface area contributed by atoms with Crippen LogP contribution in [0.15, 0.2) is 41.0 Å². The second-order valence-electron chi connectivity index (χ2n) is 7.14. The number of rotatable bonds is 0. The van der Waals surface area contributed by atoms with E-state index in [9.17, 15) is 34.8 Å². The molecule has 0 bridgehead atoms. The Bertz CT molecular complexity index is 970. The lowest BCUT2D eigenvalue weighted by atomic mass is 9.57. The van der Waals surface area contributed by atoms with Crippen LogP contribution in [0.3, 0.4) is 0 Å². The Morgan fingerprint density at radius 3 is 2.50 bits per heavy atom. The van der Waals surface area contributed by atoms with Gasteiger partial charge in [0.15, 0.2) is 23.0 Å². The van der Waals surface area contributed by atoms with Crippen LogP contribution >= 0.6 is 0 Å². The van der Waals surface area contributed by atoms with E-state index in [0.29, 0.717) is 5.57 Å². The number of Topliss-reactive ketones (excluding diaryl/α,β-unsaturated/α-hetero) is 2. The van der Waals surface area contributed by atoms with Crippen LogP contribution in [-0.4, -0.2) is 55.1 Å². The molecule has 3 aliphatic carbocycles. The van der Waals surface area contributed by atoms with Gasteiger partial charge in [-0.05, 0) is 19.1 Å². The first-order chi connectivity index (χ1) is 12.1. The van der Waals surface area contributed by atoms with Gasteiger partial charge in [0.2, 0.25) is 0 Å². The Labute approximate surface area is 147 Å². The maximum atomic E-state index is 13.0. The second-order valence-corrected chi connectivity index (χ2v) is 7.14. The standard InChI is InChI=1S/C19H16O7/c1-8-5-12(22)19(26)15-14(11(21)7-18(19,25)6-8)17(24)13-9(16(15)23)3-2-4-10(13)20/h2-5,11,20-21,25-26H,6-7H2,1H3/t11-,18+,19-/m0/s1. The number of carbonyl (C=O) groups is 3. The molecule has 4 N–H and O–H groups in total. The van der Waals surface area contributed by atoms with Crippen molar-refractivity contribution in [1.29, 1.82) is 0 Å². The summed E-state index contributed by atoms with van der Waals surface area (Å²) in [5.41, 5.74) is -5.75. The van der Waals surface area contributed by atoms with Crippen molar-refractivity contribution >= 4 is 17.3 Å². The molecule has 0 saturated heterocycles. The van der Waals surface area contributed by atoms with Gasteiger partial charge in [0, 0.05) is 24.0 Å². The quantitative estimate of drug-likeness (QED) is 0.522. The van der Waals surface area contributed by atoms with Crippen molar-refractivity contribution in [3.8, 4) is 5.75 Å². The zero-order valence-electron chi connectivity index (χ0n) is 13.8. The maximum Gasteiger partial charge on any atom is 0.196 e. The first-order valence-electron chi connectivity index (χ1n) is 8.12. The van der Waals surface area contributed by atoms with Crippen molar-refractivity contribution in [1.82, 2.24) is 0 Å². The van der Waals surface area contributed by atoms with E-state index in [1.165, 1.54) is 18.2 Å². The van der Waals surface area contributed by atoms with E-state index in [-0.39, 0.29) is 17.5 Å². The molecule has 3 atom stereocenters. The van der Waals surface area contributed by atoms with Crippen LogP contribution in [0.2, 0.25) is 0 Å². The average Bonchev–Trinajstić information content (AvgIpc) is 2.54. The third kappa shape index (κ3) is 1.79. The Morgan fingerprint density at radius 1 is 1.12 bits per heavy atom. The smallest absolute Gasteiger partial charge is 0.196 e. The van der Waals surface area contributed by atoms with E-state index in [1.807, 2.05) is 0 Å². The molecule has 26 heavy (non-hydrogen) atoms. The van der Waals surface area contributed by atoms with E-state index < -0.39 is 58.0 Å². The van der Waals surface area contributed by atoms with E-state index in [2.05, 4.69) is 0 Å². The summed E-state index contributed by atoms with van der Waals surface area (Å²) >= 11 is 0. The molecule has 0 spiro atoms. The summed E-state index contributed by atoms with van der Waals surface area (Å²) in [7, 11) is 0. The number of hydrogen-bond donors (Lipinski definition) is 4. The lowest BCUT2D eigenvalue weighted by Gasteiger charge is -2.51. The fourth-order valence-electron chi connectivity index (χ4n) is 4.35. The highest BCUT2D eigenvalue weighted by molar-refractivity contribution is 6.31. The number of phenols is 1. The Balaban J connectivity index is 2.06. The molecular formula is C19H16O7. The van der Waals surface area contributed by atoms with Gasteiger partial charge in [-0.2, -0.15) is 0 Å². The molecular weight excluding hydrogens is 340 g/mol. The van der Waals surface area contributed by atoms with Crippen LogP contribution in [0.4, 0.5) is 0 Å². The van der Waals surface area contributed by atoms with Crippen molar-refractivity contribution < 1.29 is 34.8 Å². The van der Waals surface area contributed by atoms with Gasteiger partial charge < -0.3 is 20.4 Å². The van der Waals surface area contributed by atoms with Gasteiger partial charge in [0.25, 0.3) is 0 Å². The third-order valence-electron chi connectivity index (χ3n) is 5.46. The molecule has 4 rings (SSSR count). The predicted molar refractivity (Wildman–Crippen MR) is 87.7 cm³/mol. The predicted octanol–water partition coefficient (Wildman–Crippen LogP) is 0.214. The molecule has 1 aromatic rings. The maximum absolute atomic E-state index is 13.0. The highest BCUT2D eigenvalue weighted by Crippen LogP contribution is 2.51. The number of benzene rings is 1. The minimum atomic E-state index is -2.63. The lowest BCUT2D eigenvalue weighted by Crippen LogP contribution is -2.67. The van der Waals surface area contributed by atoms with E-state index >= 15 is 0 Å². The second kappa shape index (κ2) is 4.97. The minimum absolute atomic E-state index is 0.128. The number of aliphatic hydroxyl groups is 3. The summed E-state index contributed by atoms with van der Waals surface area (Å²) in [6.07, 6.45) is -1.04. The van der Waals surface area contributed by atoms with E-state index in [4.69, 9.17) is 0 Å². The molecule has 7 nitrogen and oxygen atoms in total. The zero-order valence-corrected chi connectivity index (χ0v) is 13.8. The molecule has 1 aromatic carbocycles. The van der Waals surface area contributed by atoms with E-state index in [0.717, 1.165) is 6.08 Å². The molecule has 3 aliphatic rings. The molecule has 0 saturated carbocycles. The molecule has 0 aromatic heterocycles. The largest absolute Gasteiger partial charge is 0.507 e. The number of aliphatic hydroxyl groups excluding tert-OH is 1. The van der Waals surface area contributed by atoms with Gasteiger partial charge in [0.05, 0.1) is 17.2 Å². The third-order valence-corrected chi connectivity index (χ3v) is 5.46. The number of hydrogen-bond acceptors (Lipinski definition) is 7. The van der Waals surface area contributed by atoms with Crippen LogP contribution < -0.4 is 0 Å². The fraction of sp³-hybridized carbons (Fsp3) is 0.316. The SMILES string of the molecule is CC1=CC(=O)[C@]2(O)C3=C(C(=O)c4c(O)cccc4C3=O)[C@@H](O)C[C@]2(O)C1. The number of carbonyl (C=O) groups excluding carboxylic acids is 3. The highest BCUT2D eigenvalue weighted by Gasteiger charge is 2.65. The summed E-state index contributed by atoms with van der Waals surface area (Å²) in [6, 6.07) is 3.87. The minimum Gasteiger partial charge on any atom is -0.507 e. The molecule has 0 radical (unpaired) electrons. The Hall–Kier alpha value is -2.61. The van der Waals surface area contributed by atoms with Crippen LogP contribution in [-0.2, 0) is 4.79 Å². The van der Waals surface area contributed by atoms with Gasteiger partial charge in [-0.1, -0.05) is 17.7 Å². The summed E-state index contributed by atoms with van der Waals surface area (Å²) < 4.78 is 0. The number of aromatic hydroxyl groups is 1. The van der Waals surface area contributed by atoms with Crippen molar-refractivity contribution in [2.75, 3.05) is 0 Å². The lowest BCUT2D eigenvalue weighted by molar-refractivity contribution is -0.171. The van der Waals surface area contributed by atoms with Crippen molar-refractivity contribution in [2.24, 2.45) is 0 Å². The number of ketones is 3. The van der Waals surface area contributed by atoms with Gasteiger partial charge in [-0.3, -0.25) is 14.4 Å². The summed E-state index contributed by atoms with van der Waals surface area (Å²) in [4.78, 5) is 38.6. The molecule has 0 heterocycles. The summed E-state index contributed by atoms with van der Waals surface area (Å²) in [6.45, 7) is 1.59. The average molecular weight is 356 g/mol. The van der Waals surface area contributed by atoms with Crippen LogP contribution in [0.25, 0.3) is 0 Å². The molecule has 134 valence electrons. The Morgan fingerprint density at radius 2 is 1.81 bits per heavy atom. The molecule has 0 unspecified atom stereocenters. The first kappa shape index (κ1) is 16.8.